The molecule has 0 saturated carbocycles. The van der Waals surface area contributed by atoms with Crippen LogP contribution in [0.1, 0.15) is 6.42 Å². The van der Waals surface area contributed by atoms with E-state index < -0.39 is 30.4 Å². The van der Waals surface area contributed by atoms with E-state index in [0.29, 0.717) is 0 Å². The van der Waals surface area contributed by atoms with Gasteiger partial charge in [0, 0.05) is 33.8 Å². The molecule has 4 nitrogen and oxygen atoms in total. The van der Waals surface area contributed by atoms with Crippen LogP contribution in [0.2, 0.25) is 19.1 Å². The maximum Gasteiger partial charge on any atom is 0.500 e. The topological polar surface area (TPSA) is 30.9 Å². The molecule has 0 atom stereocenters. The molecule has 0 saturated heterocycles. The second-order valence-corrected chi connectivity index (χ2v) is 10.8. The van der Waals surface area contributed by atoms with Crippen LogP contribution in [0.15, 0.2) is 0 Å². The summed E-state index contributed by atoms with van der Waals surface area (Å²) in [4.78, 5) is 0. The van der Waals surface area contributed by atoms with Crippen molar-refractivity contribution in [2.45, 2.75) is 31.7 Å². The van der Waals surface area contributed by atoms with Crippen molar-refractivity contribution < 1.29 is 26.4 Å². The fourth-order valence-corrected chi connectivity index (χ4v) is 2.55. The molecule has 0 unspecified atom stereocenters. The monoisotopic (exact) mass is 321 g/mol. The highest BCUT2D eigenvalue weighted by molar-refractivity contribution is 6.60. The molecule has 0 aliphatic carbocycles. The Morgan fingerprint density at radius 3 is 1.47 bits per heavy atom. The van der Waals surface area contributed by atoms with Crippen molar-refractivity contribution in [2.75, 3.05) is 35.4 Å². The van der Waals surface area contributed by atoms with Gasteiger partial charge in [0.25, 0.3) is 0 Å². The molecule has 0 aliphatic rings. The quantitative estimate of drug-likeness (QED) is 0.703. The summed E-state index contributed by atoms with van der Waals surface area (Å²) in [5, 5.41) is 0. The molecule has 0 amide bonds. The van der Waals surface area contributed by atoms with E-state index in [0.717, 1.165) is 0 Å². The SMILES string of the molecule is CN(C)[SiH](C)C.CO[Si](CCC(F)(F)F)(OC)OC. The summed E-state index contributed by atoms with van der Waals surface area (Å²) in [6.45, 7) is 4.61. The molecular formula is C10H26F3NO3Si2. The summed E-state index contributed by atoms with van der Waals surface area (Å²) >= 11 is 0. The molecule has 0 aliphatic heterocycles. The molecule has 0 fully saturated rings. The van der Waals surface area contributed by atoms with Crippen molar-refractivity contribution in [3.63, 3.8) is 0 Å². The minimum Gasteiger partial charge on any atom is -0.377 e. The number of rotatable bonds is 6. The normalized spacial score (nSPS) is 12.6. The van der Waals surface area contributed by atoms with E-state index >= 15 is 0 Å². The fourth-order valence-electron chi connectivity index (χ4n) is 0.851. The minimum absolute atomic E-state index is 0.250. The van der Waals surface area contributed by atoms with Crippen molar-refractivity contribution >= 4 is 17.8 Å². The molecular weight excluding hydrogens is 295 g/mol. The maximum absolute atomic E-state index is 11.9. The smallest absolute Gasteiger partial charge is 0.377 e. The number of halogens is 3. The van der Waals surface area contributed by atoms with Crippen LogP contribution < -0.4 is 0 Å². The average Bonchev–Trinajstić information content (AvgIpc) is 2.31. The van der Waals surface area contributed by atoms with Gasteiger partial charge in [-0.25, -0.2) is 0 Å². The van der Waals surface area contributed by atoms with E-state index in [-0.39, 0.29) is 6.04 Å². The van der Waals surface area contributed by atoms with Gasteiger partial charge >= 0.3 is 15.0 Å². The molecule has 0 aromatic heterocycles. The Balaban J connectivity index is 0. The van der Waals surface area contributed by atoms with E-state index in [1.54, 1.807) is 0 Å². The van der Waals surface area contributed by atoms with Gasteiger partial charge < -0.3 is 17.8 Å². The van der Waals surface area contributed by atoms with Gasteiger partial charge in [-0.05, 0) is 14.1 Å². The molecule has 0 aromatic carbocycles. The molecule has 0 radical (unpaired) electrons. The summed E-state index contributed by atoms with van der Waals surface area (Å²) in [7, 11) is 4.68. The van der Waals surface area contributed by atoms with Crippen LogP contribution in [0.5, 0.6) is 0 Å². The zero-order chi connectivity index (χ0) is 15.7. The summed E-state index contributed by atoms with van der Waals surface area (Å²) in [6.07, 6.45) is -5.15. The van der Waals surface area contributed by atoms with Gasteiger partial charge in [-0.1, -0.05) is 13.1 Å². The molecule has 0 N–H and O–H groups in total. The second-order valence-electron chi connectivity index (χ2n) is 4.47. The van der Waals surface area contributed by atoms with Crippen molar-refractivity contribution in [1.29, 1.82) is 0 Å². The van der Waals surface area contributed by atoms with Crippen LogP contribution in [0.25, 0.3) is 0 Å². The average molecular weight is 321 g/mol. The van der Waals surface area contributed by atoms with Crippen LogP contribution in [0, 0.1) is 0 Å². The molecule has 118 valence electrons. The van der Waals surface area contributed by atoms with Gasteiger partial charge in [0.2, 0.25) is 0 Å². The lowest BCUT2D eigenvalue weighted by Gasteiger charge is -2.24. The van der Waals surface area contributed by atoms with Gasteiger partial charge in [0.15, 0.2) is 0 Å². The first kappa shape index (κ1) is 21.4. The third-order valence-electron chi connectivity index (χ3n) is 2.68. The lowest BCUT2D eigenvalue weighted by Crippen LogP contribution is -2.43. The van der Waals surface area contributed by atoms with E-state index in [2.05, 4.69) is 31.8 Å². The summed E-state index contributed by atoms with van der Waals surface area (Å²) in [6, 6.07) is -0.250. The lowest BCUT2D eigenvalue weighted by molar-refractivity contribution is -0.132. The Morgan fingerprint density at radius 1 is 1.00 bits per heavy atom. The first-order chi connectivity index (χ1) is 8.53. The van der Waals surface area contributed by atoms with Crippen LogP contribution in [0.4, 0.5) is 13.2 Å². The predicted molar refractivity (Wildman–Crippen MR) is 74.8 cm³/mol. The molecule has 19 heavy (non-hydrogen) atoms. The Bertz CT molecular complexity index is 210. The van der Waals surface area contributed by atoms with Crippen LogP contribution in [-0.4, -0.2) is 63.9 Å². The lowest BCUT2D eigenvalue weighted by atomic mass is 10.5. The maximum atomic E-state index is 11.9. The van der Waals surface area contributed by atoms with Gasteiger partial charge in [-0.2, -0.15) is 13.2 Å². The summed E-state index contributed by atoms with van der Waals surface area (Å²) in [5.41, 5.74) is 0. The van der Waals surface area contributed by atoms with E-state index in [1.165, 1.54) is 21.3 Å². The van der Waals surface area contributed by atoms with E-state index in [4.69, 9.17) is 13.3 Å². The first-order valence-corrected chi connectivity index (χ1v) is 10.7. The van der Waals surface area contributed by atoms with E-state index in [1.807, 2.05) is 0 Å². The first-order valence-electron chi connectivity index (χ1n) is 5.92. The molecule has 0 rings (SSSR count). The largest absolute Gasteiger partial charge is 0.500 e. The second kappa shape index (κ2) is 9.89. The summed E-state index contributed by atoms with van der Waals surface area (Å²) < 4.78 is 52.3. The number of hydrogen-bond acceptors (Lipinski definition) is 4. The van der Waals surface area contributed by atoms with Gasteiger partial charge in [-0.3, -0.25) is 0 Å². The highest BCUT2D eigenvalue weighted by Gasteiger charge is 2.42. The third-order valence-corrected chi connectivity index (χ3v) is 7.47. The van der Waals surface area contributed by atoms with Gasteiger partial charge in [0.1, 0.15) is 8.96 Å². The van der Waals surface area contributed by atoms with Crippen molar-refractivity contribution in [2.24, 2.45) is 0 Å². The van der Waals surface area contributed by atoms with Crippen molar-refractivity contribution in [3.8, 4) is 0 Å². The molecule has 0 bridgehead atoms. The Labute approximate surface area is 116 Å². The predicted octanol–water partition coefficient (Wildman–Crippen LogP) is 2.35. The Morgan fingerprint density at radius 2 is 1.32 bits per heavy atom. The molecule has 9 heteroatoms. The van der Waals surface area contributed by atoms with Crippen LogP contribution >= 0.6 is 0 Å². The van der Waals surface area contributed by atoms with Crippen LogP contribution in [-0.2, 0) is 13.3 Å². The van der Waals surface area contributed by atoms with Gasteiger partial charge in [-0.15, -0.1) is 0 Å². The minimum atomic E-state index is -4.20. The number of hydrogen-bond donors (Lipinski definition) is 0. The Hall–Kier alpha value is 0.0638. The molecule has 0 heterocycles. The summed E-state index contributed by atoms with van der Waals surface area (Å²) in [5.74, 6) is 0. The molecule has 0 aromatic rings. The third kappa shape index (κ3) is 11.6. The number of alkyl halides is 3. The Kier molecular flexibility index (Phi) is 11.1. The zero-order valence-electron chi connectivity index (χ0n) is 12.8. The number of nitrogens with zero attached hydrogens (tertiary/aromatic N) is 1. The van der Waals surface area contributed by atoms with E-state index in [9.17, 15) is 13.2 Å². The zero-order valence-corrected chi connectivity index (χ0v) is 15.0. The highest BCUT2D eigenvalue weighted by atomic mass is 28.4. The molecule has 0 spiro atoms. The fraction of sp³-hybridized carbons (Fsp3) is 1.00. The van der Waals surface area contributed by atoms with Gasteiger partial charge in [0.05, 0.1) is 0 Å². The highest BCUT2D eigenvalue weighted by Crippen LogP contribution is 2.26. The van der Waals surface area contributed by atoms with Crippen LogP contribution in [0.3, 0.4) is 0 Å². The standard InChI is InChI=1S/C6H13F3O3Si.C4H13NSi/c1-10-13(11-2,12-3)5-4-6(7,8)9;1-5(2)6(3)4/h4-5H2,1-3H3;6H,1-4H3. The van der Waals surface area contributed by atoms with Crippen molar-refractivity contribution in [1.82, 2.24) is 4.57 Å². The van der Waals surface area contributed by atoms with Crippen molar-refractivity contribution in [3.05, 3.63) is 0 Å².